The summed E-state index contributed by atoms with van der Waals surface area (Å²) >= 11 is 0. The fourth-order valence-electron chi connectivity index (χ4n) is 3.04. The molecule has 1 nitrogen and oxygen atoms in total. The van der Waals surface area contributed by atoms with Gasteiger partial charge in [-0.3, -0.25) is 0 Å². The lowest BCUT2D eigenvalue weighted by Crippen LogP contribution is -2.23. The summed E-state index contributed by atoms with van der Waals surface area (Å²) in [6.07, 6.45) is 8.21. The van der Waals surface area contributed by atoms with Crippen LogP contribution in [0.1, 0.15) is 59.3 Å². The Morgan fingerprint density at radius 2 is 1.73 bits per heavy atom. The highest BCUT2D eigenvalue weighted by Gasteiger charge is 2.27. The molecule has 1 heterocycles. The molecule has 86 valence electrons. The molecule has 2 rings (SSSR count). The third kappa shape index (κ3) is 2.56. The van der Waals surface area contributed by atoms with Gasteiger partial charge in [-0.15, -0.1) is 0 Å². The molecule has 15 heavy (non-hydrogen) atoms. The molecule has 0 aromatic heterocycles. The van der Waals surface area contributed by atoms with Crippen LogP contribution in [0, 0.1) is 5.41 Å². The van der Waals surface area contributed by atoms with Crippen molar-refractivity contribution >= 4 is 0 Å². The fourth-order valence-corrected chi connectivity index (χ4v) is 3.04. The normalized spacial score (nSPS) is 27.0. The number of nitrogens with zero attached hydrogens (tertiary/aromatic N) is 1. The standard InChI is InChI=1S/C14H25N/c1-12-7-6-8-14(2,3)11-13(12)15-9-4-5-10-15/h4-11H2,1-3H3. The van der Waals surface area contributed by atoms with Crippen molar-refractivity contribution in [3.63, 3.8) is 0 Å². The lowest BCUT2D eigenvalue weighted by atomic mass is 9.84. The van der Waals surface area contributed by atoms with E-state index in [9.17, 15) is 0 Å². The second-order valence-corrected chi connectivity index (χ2v) is 6.12. The zero-order chi connectivity index (χ0) is 10.9. The van der Waals surface area contributed by atoms with E-state index in [0.29, 0.717) is 5.41 Å². The summed E-state index contributed by atoms with van der Waals surface area (Å²) in [5.41, 5.74) is 3.88. The predicted molar refractivity (Wildman–Crippen MR) is 65.8 cm³/mol. The van der Waals surface area contributed by atoms with Crippen LogP contribution >= 0.6 is 0 Å². The zero-order valence-electron chi connectivity index (χ0n) is 10.6. The summed E-state index contributed by atoms with van der Waals surface area (Å²) in [5.74, 6) is 0. The highest BCUT2D eigenvalue weighted by Crippen LogP contribution is 2.38. The number of allylic oxidation sites excluding steroid dienone is 2. The predicted octanol–water partition coefficient (Wildman–Crippen LogP) is 3.96. The van der Waals surface area contributed by atoms with Gasteiger partial charge in [0, 0.05) is 18.8 Å². The van der Waals surface area contributed by atoms with Crippen molar-refractivity contribution in [1.82, 2.24) is 4.90 Å². The van der Waals surface area contributed by atoms with Crippen molar-refractivity contribution in [1.29, 1.82) is 0 Å². The molecule has 1 aliphatic carbocycles. The molecule has 0 N–H and O–H groups in total. The Hall–Kier alpha value is -0.460. The molecule has 1 fully saturated rings. The summed E-state index contributed by atoms with van der Waals surface area (Å²) in [4.78, 5) is 2.66. The Balaban J connectivity index is 2.17. The monoisotopic (exact) mass is 207 g/mol. The Kier molecular flexibility index (Phi) is 3.08. The van der Waals surface area contributed by atoms with Gasteiger partial charge in [-0.2, -0.15) is 0 Å². The number of hydrogen-bond acceptors (Lipinski definition) is 1. The van der Waals surface area contributed by atoms with Gasteiger partial charge in [0.15, 0.2) is 0 Å². The quantitative estimate of drug-likeness (QED) is 0.629. The highest BCUT2D eigenvalue weighted by atomic mass is 15.2. The van der Waals surface area contributed by atoms with Gasteiger partial charge in [0.05, 0.1) is 0 Å². The largest absolute Gasteiger partial charge is 0.375 e. The molecule has 0 spiro atoms. The summed E-state index contributed by atoms with van der Waals surface area (Å²) in [5, 5.41) is 0. The molecule has 0 bridgehead atoms. The Labute approximate surface area is 94.5 Å². The van der Waals surface area contributed by atoms with E-state index in [0.717, 1.165) is 0 Å². The minimum atomic E-state index is 0.523. The van der Waals surface area contributed by atoms with Gasteiger partial charge in [0.25, 0.3) is 0 Å². The van der Waals surface area contributed by atoms with E-state index in [1.54, 1.807) is 11.3 Å². The molecule has 0 atom stereocenters. The molecule has 2 aliphatic rings. The molecule has 1 aliphatic heterocycles. The molecule has 1 saturated heterocycles. The molecule has 0 aromatic rings. The van der Waals surface area contributed by atoms with Gasteiger partial charge >= 0.3 is 0 Å². The van der Waals surface area contributed by atoms with E-state index < -0.39 is 0 Å². The van der Waals surface area contributed by atoms with Crippen molar-refractivity contribution in [2.24, 2.45) is 5.41 Å². The van der Waals surface area contributed by atoms with Crippen molar-refractivity contribution in [3.05, 3.63) is 11.3 Å². The van der Waals surface area contributed by atoms with E-state index in [1.165, 1.54) is 51.6 Å². The molecule has 0 amide bonds. The third-order valence-corrected chi connectivity index (χ3v) is 4.03. The first-order valence-corrected chi connectivity index (χ1v) is 6.52. The van der Waals surface area contributed by atoms with E-state index in [4.69, 9.17) is 0 Å². The highest BCUT2D eigenvalue weighted by molar-refractivity contribution is 5.15. The minimum absolute atomic E-state index is 0.523. The average molecular weight is 207 g/mol. The van der Waals surface area contributed by atoms with Crippen LogP contribution in [0.2, 0.25) is 0 Å². The maximum atomic E-state index is 2.66. The molecular formula is C14H25N. The van der Waals surface area contributed by atoms with Gasteiger partial charge in [-0.25, -0.2) is 0 Å². The molecule has 0 unspecified atom stereocenters. The van der Waals surface area contributed by atoms with Crippen molar-refractivity contribution in [2.45, 2.75) is 59.3 Å². The van der Waals surface area contributed by atoms with Crippen molar-refractivity contribution < 1.29 is 0 Å². The summed E-state index contributed by atoms with van der Waals surface area (Å²) < 4.78 is 0. The van der Waals surface area contributed by atoms with Crippen LogP contribution < -0.4 is 0 Å². The topological polar surface area (TPSA) is 3.24 Å². The molecule has 0 aromatic carbocycles. The number of rotatable bonds is 1. The van der Waals surface area contributed by atoms with Crippen LogP contribution in [0.15, 0.2) is 11.3 Å². The average Bonchev–Trinajstić information content (AvgIpc) is 2.62. The molecule has 0 saturated carbocycles. The van der Waals surface area contributed by atoms with Crippen LogP contribution in [-0.2, 0) is 0 Å². The van der Waals surface area contributed by atoms with Crippen LogP contribution in [0.25, 0.3) is 0 Å². The second-order valence-electron chi connectivity index (χ2n) is 6.12. The van der Waals surface area contributed by atoms with Crippen molar-refractivity contribution in [3.8, 4) is 0 Å². The Bertz CT molecular complexity index is 257. The Morgan fingerprint density at radius 1 is 1.07 bits per heavy atom. The second kappa shape index (κ2) is 4.19. The fraction of sp³-hybridized carbons (Fsp3) is 0.857. The van der Waals surface area contributed by atoms with E-state index in [1.807, 2.05) is 0 Å². The maximum Gasteiger partial charge on any atom is 0.0175 e. The summed E-state index contributed by atoms with van der Waals surface area (Å²) in [7, 11) is 0. The lowest BCUT2D eigenvalue weighted by Gasteiger charge is -2.30. The molecule has 1 heteroatoms. The Morgan fingerprint density at radius 3 is 2.40 bits per heavy atom. The first kappa shape index (κ1) is 11.0. The summed E-state index contributed by atoms with van der Waals surface area (Å²) in [6.45, 7) is 9.84. The first-order valence-electron chi connectivity index (χ1n) is 6.52. The van der Waals surface area contributed by atoms with Gasteiger partial charge in [0.2, 0.25) is 0 Å². The van der Waals surface area contributed by atoms with Crippen LogP contribution in [0.3, 0.4) is 0 Å². The third-order valence-electron chi connectivity index (χ3n) is 4.03. The van der Waals surface area contributed by atoms with E-state index >= 15 is 0 Å². The molecular weight excluding hydrogens is 182 g/mol. The number of likely N-dealkylation sites (tertiary alicyclic amines) is 1. The van der Waals surface area contributed by atoms with Crippen LogP contribution in [-0.4, -0.2) is 18.0 Å². The van der Waals surface area contributed by atoms with Gasteiger partial charge in [-0.05, 0) is 50.9 Å². The van der Waals surface area contributed by atoms with E-state index in [-0.39, 0.29) is 0 Å². The number of hydrogen-bond donors (Lipinski definition) is 0. The van der Waals surface area contributed by atoms with E-state index in [2.05, 4.69) is 25.7 Å². The van der Waals surface area contributed by atoms with Gasteiger partial charge in [-0.1, -0.05) is 19.4 Å². The lowest BCUT2D eigenvalue weighted by molar-refractivity contribution is 0.290. The first-order chi connectivity index (χ1) is 7.08. The zero-order valence-corrected chi connectivity index (χ0v) is 10.6. The van der Waals surface area contributed by atoms with Crippen LogP contribution in [0.4, 0.5) is 0 Å². The van der Waals surface area contributed by atoms with Crippen molar-refractivity contribution in [2.75, 3.05) is 13.1 Å². The van der Waals surface area contributed by atoms with Crippen LogP contribution in [0.5, 0.6) is 0 Å². The SMILES string of the molecule is CC1=C(N2CCCC2)CC(C)(C)CCC1. The summed E-state index contributed by atoms with van der Waals surface area (Å²) in [6, 6.07) is 0. The minimum Gasteiger partial charge on any atom is -0.375 e. The van der Waals surface area contributed by atoms with Gasteiger partial charge in [0.1, 0.15) is 0 Å². The maximum absolute atomic E-state index is 2.66. The molecule has 0 radical (unpaired) electrons. The van der Waals surface area contributed by atoms with Gasteiger partial charge < -0.3 is 4.90 Å². The smallest absolute Gasteiger partial charge is 0.0175 e.